The molecular weight excluding hydrogens is 264 g/mol. The van der Waals surface area contributed by atoms with E-state index in [4.69, 9.17) is 9.47 Å². The van der Waals surface area contributed by atoms with Crippen LogP contribution in [-0.2, 0) is 4.74 Å². The maximum Gasteiger partial charge on any atom is 0.124 e. The molecule has 116 valence electrons. The summed E-state index contributed by atoms with van der Waals surface area (Å²) < 4.78 is 11.3. The lowest BCUT2D eigenvalue weighted by molar-refractivity contribution is 0.0939. The lowest BCUT2D eigenvalue weighted by Crippen LogP contribution is -2.49. The number of fused-ring (bicyclic) bond motifs is 1. The second-order valence-electron chi connectivity index (χ2n) is 6.06. The minimum absolute atomic E-state index is 0.362. The molecule has 0 spiro atoms. The normalized spacial score (nSPS) is 29.1. The van der Waals surface area contributed by atoms with Crippen LogP contribution in [0.5, 0.6) is 5.75 Å². The minimum atomic E-state index is 0.362. The molecule has 4 heteroatoms. The van der Waals surface area contributed by atoms with Gasteiger partial charge in [0.1, 0.15) is 12.4 Å². The van der Waals surface area contributed by atoms with E-state index in [0.29, 0.717) is 18.0 Å². The lowest BCUT2D eigenvalue weighted by Gasteiger charge is -2.39. The van der Waals surface area contributed by atoms with Gasteiger partial charge >= 0.3 is 0 Å². The van der Waals surface area contributed by atoms with Crippen LogP contribution in [0, 0.1) is 5.92 Å². The average molecular weight is 290 g/mol. The van der Waals surface area contributed by atoms with Gasteiger partial charge in [-0.2, -0.15) is 0 Å². The largest absolute Gasteiger partial charge is 0.492 e. The van der Waals surface area contributed by atoms with Crippen LogP contribution in [0.3, 0.4) is 0 Å². The molecule has 1 aromatic rings. The molecule has 0 radical (unpaired) electrons. The predicted molar refractivity (Wildman–Crippen MR) is 83.7 cm³/mol. The number of nitrogens with one attached hydrogen (secondary N) is 1. The average Bonchev–Trinajstić information content (AvgIpc) is 2.97. The van der Waals surface area contributed by atoms with E-state index in [1.807, 2.05) is 6.07 Å². The standard InChI is InChI=1S/C17H26N2O2/c1-3-18-17-14-6-4-5-7-16(14)21-12-15(17)19-9-8-13(10-19)11-20-2/h4-7,13,15,17-18H,3,8-12H2,1-2H3. The highest BCUT2D eigenvalue weighted by Gasteiger charge is 2.37. The summed E-state index contributed by atoms with van der Waals surface area (Å²) in [5.74, 6) is 1.70. The molecule has 1 fully saturated rings. The minimum Gasteiger partial charge on any atom is -0.492 e. The van der Waals surface area contributed by atoms with Gasteiger partial charge in [0.05, 0.1) is 18.7 Å². The zero-order valence-electron chi connectivity index (χ0n) is 13.0. The molecule has 2 aliphatic heterocycles. The number of likely N-dealkylation sites (tertiary alicyclic amines) is 1. The van der Waals surface area contributed by atoms with E-state index in [1.54, 1.807) is 7.11 Å². The number of methoxy groups -OCH3 is 1. The first-order chi connectivity index (χ1) is 10.3. The Labute approximate surface area is 127 Å². The van der Waals surface area contributed by atoms with Gasteiger partial charge in [-0.05, 0) is 31.5 Å². The monoisotopic (exact) mass is 290 g/mol. The Morgan fingerprint density at radius 2 is 2.24 bits per heavy atom. The van der Waals surface area contributed by atoms with Crippen LogP contribution >= 0.6 is 0 Å². The van der Waals surface area contributed by atoms with E-state index in [2.05, 4.69) is 35.3 Å². The van der Waals surface area contributed by atoms with E-state index in [-0.39, 0.29) is 0 Å². The highest BCUT2D eigenvalue weighted by molar-refractivity contribution is 5.38. The molecule has 1 aromatic carbocycles. The van der Waals surface area contributed by atoms with Crippen LogP contribution in [0.2, 0.25) is 0 Å². The Morgan fingerprint density at radius 1 is 1.38 bits per heavy atom. The molecule has 0 aromatic heterocycles. The van der Waals surface area contributed by atoms with Gasteiger partial charge in [-0.3, -0.25) is 4.90 Å². The highest BCUT2D eigenvalue weighted by Crippen LogP contribution is 2.35. The number of hydrogen-bond donors (Lipinski definition) is 1. The molecule has 21 heavy (non-hydrogen) atoms. The number of rotatable bonds is 5. The Balaban J connectivity index is 1.76. The number of ether oxygens (including phenoxy) is 2. The lowest BCUT2D eigenvalue weighted by atomic mass is 9.95. The molecule has 0 amide bonds. The molecule has 0 aliphatic carbocycles. The summed E-state index contributed by atoms with van der Waals surface area (Å²) in [5, 5.41) is 3.66. The van der Waals surface area contributed by atoms with Crippen LogP contribution < -0.4 is 10.1 Å². The third-order valence-electron chi connectivity index (χ3n) is 4.66. The smallest absolute Gasteiger partial charge is 0.124 e. The summed E-state index contributed by atoms with van der Waals surface area (Å²) in [6.45, 7) is 7.05. The third-order valence-corrected chi connectivity index (χ3v) is 4.66. The van der Waals surface area contributed by atoms with E-state index in [1.165, 1.54) is 12.0 Å². The van der Waals surface area contributed by atoms with E-state index in [9.17, 15) is 0 Å². The molecule has 3 rings (SSSR count). The molecule has 0 saturated carbocycles. The van der Waals surface area contributed by atoms with Gasteiger partial charge in [0.25, 0.3) is 0 Å². The van der Waals surface area contributed by atoms with Gasteiger partial charge in [0, 0.05) is 19.2 Å². The summed E-state index contributed by atoms with van der Waals surface area (Å²) in [4.78, 5) is 2.58. The van der Waals surface area contributed by atoms with Crippen molar-refractivity contribution in [2.24, 2.45) is 5.92 Å². The Hall–Kier alpha value is -1.10. The van der Waals surface area contributed by atoms with Gasteiger partial charge in [-0.1, -0.05) is 25.1 Å². The summed E-state index contributed by atoms with van der Waals surface area (Å²) in [6.07, 6.45) is 1.23. The van der Waals surface area contributed by atoms with Crippen LogP contribution in [0.4, 0.5) is 0 Å². The maximum atomic E-state index is 6.01. The van der Waals surface area contributed by atoms with Crippen molar-refractivity contribution in [1.82, 2.24) is 10.2 Å². The van der Waals surface area contributed by atoms with E-state index >= 15 is 0 Å². The van der Waals surface area contributed by atoms with Gasteiger partial charge < -0.3 is 14.8 Å². The Kier molecular flexibility index (Phi) is 4.78. The number of likely N-dealkylation sites (N-methyl/N-ethyl adjacent to an activating group) is 1. The van der Waals surface area contributed by atoms with Crippen molar-refractivity contribution in [3.63, 3.8) is 0 Å². The van der Waals surface area contributed by atoms with Crippen LogP contribution in [0.25, 0.3) is 0 Å². The molecule has 4 nitrogen and oxygen atoms in total. The second-order valence-corrected chi connectivity index (χ2v) is 6.06. The first kappa shape index (κ1) is 14.8. The van der Waals surface area contributed by atoms with Crippen molar-refractivity contribution in [2.75, 3.05) is 40.0 Å². The fourth-order valence-corrected chi connectivity index (χ4v) is 3.67. The second kappa shape index (κ2) is 6.77. The first-order valence-corrected chi connectivity index (χ1v) is 8.01. The third kappa shape index (κ3) is 3.07. The molecule has 0 bridgehead atoms. The molecule has 2 aliphatic rings. The summed E-state index contributed by atoms with van der Waals surface area (Å²) in [6, 6.07) is 9.20. The van der Waals surface area contributed by atoms with Crippen molar-refractivity contribution in [3.8, 4) is 5.75 Å². The van der Waals surface area contributed by atoms with Crippen LogP contribution in [0.15, 0.2) is 24.3 Å². The van der Waals surface area contributed by atoms with E-state index in [0.717, 1.165) is 38.6 Å². The Morgan fingerprint density at radius 3 is 3.05 bits per heavy atom. The fourth-order valence-electron chi connectivity index (χ4n) is 3.67. The van der Waals surface area contributed by atoms with Gasteiger partial charge in [-0.15, -0.1) is 0 Å². The molecule has 1 N–H and O–H groups in total. The molecule has 3 atom stereocenters. The van der Waals surface area contributed by atoms with Crippen LogP contribution in [0.1, 0.15) is 24.9 Å². The van der Waals surface area contributed by atoms with Crippen molar-refractivity contribution >= 4 is 0 Å². The fraction of sp³-hybridized carbons (Fsp3) is 0.647. The van der Waals surface area contributed by atoms with Crippen molar-refractivity contribution < 1.29 is 9.47 Å². The predicted octanol–water partition coefficient (Wildman–Crippen LogP) is 2.07. The quantitative estimate of drug-likeness (QED) is 0.900. The Bertz CT molecular complexity index is 466. The zero-order valence-corrected chi connectivity index (χ0v) is 13.0. The maximum absolute atomic E-state index is 6.01. The summed E-state index contributed by atoms with van der Waals surface area (Å²) in [5.41, 5.74) is 1.30. The van der Waals surface area contributed by atoms with Gasteiger partial charge in [0.15, 0.2) is 0 Å². The van der Waals surface area contributed by atoms with Crippen molar-refractivity contribution in [2.45, 2.75) is 25.4 Å². The van der Waals surface area contributed by atoms with Gasteiger partial charge in [0.2, 0.25) is 0 Å². The van der Waals surface area contributed by atoms with Gasteiger partial charge in [-0.25, -0.2) is 0 Å². The van der Waals surface area contributed by atoms with Crippen molar-refractivity contribution in [3.05, 3.63) is 29.8 Å². The summed E-state index contributed by atoms with van der Waals surface area (Å²) in [7, 11) is 1.80. The van der Waals surface area contributed by atoms with E-state index < -0.39 is 0 Å². The zero-order chi connectivity index (χ0) is 14.7. The summed E-state index contributed by atoms with van der Waals surface area (Å²) >= 11 is 0. The SMILES string of the molecule is CCNC1c2ccccc2OCC1N1CCC(COC)C1. The number of hydrogen-bond acceptors (Lipinski definition) is 4. The number of benzene rings is 1. The topological polar surface area (TPSA) is 33.7 Å². The molecule has 3 unspecified atom stereocenters. The first-order valence-electron chi connectivity index (χ1n) is 8.01. The molecular formula is C17H26N2O2. The van der Waals surface area contributed by atoms with Crippen LogP contribution in [-0.4, -0.2) is 50.9 Å². The highest BCUT2D eigenvalue weighted by atomic mass is 16.5. The molecule has 2 heterocycles. The number of para-hydroxylation sites is 1. The molecule has 1 saturated heterocycles. The number of nitrogens with zero attached hydrogens (tertiary/aromatic N) is 1. The van der Waals surface area contributed by atoms with Crippen molar-refractivity contribution in [1.29, 1.82) is 0 Å².